The van der Waals surface area contributed by atoms with Gasteiger partial charge in [0.15, 0.2) is 0 Å². The third-order valence-electron chi connectivity index (χ3n) is 3.70. The molecule has 0 spiro atoms. The minimum Gasteiger partial charge on any atom is -0.313 e. The maximum atomic E-state index is 8.76. The highest BCUT2D eigenvalue weighted by Gasteiger charge is 2.13. The van der Waals surface area contributed by atoms with Gasteiger partial charge in [-0.05, 0) is 36.6 Å². The van der Waals surface area contributed by atoms with Crippen molar-refractivity contribution in [1.82, 2.24) is 5.32 Å². The van der Waals surface area contributed by atoms with Crippen molar-refractivity contribution < 1.29 is 0 Å². The molecule has 0 heterocycles. The molecule has 96 valence electrons. The molecule has 0 bridgehead atoms. The summed E-state index contributed by atoms with van der Waals surface area (Å²) in [5.74, 6) is 0.925. The highest BCUT2D eigenvalue weighted by atomic mass is 35.5. The van der Waals surface area contributed by atoms with Gasteiger partial charge in [0.05, 0.1) is 11.6 Å². The van der Waals surface area contributed by atoms with E-state index >= 15 is 0 Å². The Kier molecular flexibility index (Phi) is 5.04. The molecule has 1 aliphatic carbocycles. The lowest BCUT2D eigenvalue weighted by Gasteiger charge is -2.10. The normalized spacial score (nSPS) is 15.8. The van der Waals surface area contributed by atoms with Crippen molar-refractivity contribution >= 4 is 11.6 Å². The van der Waals surface area contributed by atoms with Crippen LogP contribution in [0.5, 0.6) is 0 Å². The molecule has 1 aromatic rings. The second-order valence-corrected chi connectivity index (χ2v) is 5.44. The fourth-order valence-corrected chi connectivity index (χ4v) is 2.84. The first-order valence-corrected chi connectivity index (χ1v) is 7.06. The summed E-state index contributed by atoms with van der Waals surface area (Å²) in [5.41, 5.74) is 1.69. The molecule has 2 nitrogen and oxygen atoms in total. The number of rotatable bonds is 5. The van der Waals surface area contributed by atoms with Gasteiger partial charge in [0, 0.05) is 11.6 Å². The van der Waals surface area contributed by atoms with Crippen molar-refractivity contribution in [3.63, 3.8) is 0 Å². The van der Waals surface area contributed by atoms with Crippen LogP contribution in [0.15, 0.2) is 18.2 Å². The van der Waals surface area contributed by atoms with Gasteiger partial charge in [-0.2, -0.15) is 5.26 Å². The van der Waals surface area contributed by atoms with E-state index in [1.165, 1.54) is 32.1 Å². The Bertz CT molecular complexity index is 431. The average Bonchev–Trinajstić information content (AvgIpc) is 2.89. The van der Waals surface area contributed by atoms with Crippen LogP contribution in [0, 0.1) is 17.2 Å². The van der Waals surface area contributed by atoms with E-state index < -0.39 is 0 Å². The Morgan fingerprint density at radius 3 is 2.78 bits per heavy atom. The van der Waals surface area contributed by atoms with E-state index in [2.05, 4.69) is 11.4 Å². The van der Waals surface area contributed by atoms with Crippen molar-refractivity contribution in [3.8, 4) is 6.07 Å². The topological polar surface area (TPSA) is 35.8 Å². The quantitative estimate of drug-likeness (QED) is 0.818. The van der Waals surface area contributed by atoms with Gasteiger partial charge in [0.25, 0.3) is 0 Å². The van der Waals surface area contributed by atoms with Gasteiger partial charge in [-0.3, -0.25) is 0 Å². The summed E-state index contributed by atoms with van der Waals surface area (Å²) in [6, 6.07) is 7.58. The Hall–Kier alpha value is -1.04. The minimum absolute atomic E-state index is 0.620. The predicted octanol–water partition coefficient (Wildman–Crippen LogP) is 3.88. The maximum absolute atomic E-state index is 8.76. The lowest BCUT2D eigenvalue weighted by atomic mass is 10.0. The van der Waals surface area contributed by atoms with E-state index in [0.717, 1.165) is 24.6 Å². The summed E-state index contributed by atoms with van der Waals surface area (Å²) in [4.78, 5) is 0. The third-order valence-corrected chi connectivity index (χ3v) is 4.05. The van der Waals surface area contributed by atoms with Crippen LogP contribution < -0.4 is 5.32 Å². The molecule has 1 aromatic carbocycles. The number of hydrogen-bond acceptors (Lipinski definition) is 2. The molecule has 0 unspecified atom stereocenters. The summed E-state index contributed by atoms with van der Waals surface area (Å²) in [6.07, 6.45) is 6.89. The fraction of sp³-hybridized carbons (Fsp3) is 0.533. The molecule has 18 heavy (non-hydrogen) atoms. The molecule has 1 saturated carbocycles. The largest absolute Gasteiger partial charge is 0.313 e. The molecule has 0 amide bonds. The average molecular weight is 263 g/mol. The summed E-state index contributed by atoms with van der Waals surface area (Å²) in [6.45, 7) is 1.85. The molecule has 0 aliphatic heterocycles. The Balaban J connectivity index is 1.74. The molecular weight excluding hydrogens is 244 g/mol. The monoisotopic (exact) mass is 262 g/mol. The summed E-state index contributed by atoms with van der Waals surface area (Å²) < 4.78 is 0. The van der Waals surface area contributed by atoms with E-state index in [-0.39, 0.29) is 0 Å². The number of nitrogens with zero attached hydrogens (tertiary/aromatic N) is 1. The second-order valence-electron chi connectivity index (χ2n) is 5.03. The van der Waals surface area contributed by atoms with Crippen molar-refractivity contribution in [3.05, 3.63) is 34.3 Å². The smallest absolute Gasteiger partial charge is 0.0992 e. The zero-order chi connectivity index (χ0) is 12.8. The first kappa shape index (κ1) is 13.4. The van der Waals surface area contributed by atoms with Gasteiger partial charge in [-0.25, -0.2) is 0 Å². The van der Waals surface area contributed by atoms with Crippen molar-refractivity contribution in [2.45, 2.75) is 38.6 Å². The number of nitrogens with one attached hydrogen (secondary N) is 1. The lowest BCUT2D eigenvalue weighted by Crippen LogP contribution is -2.17. The molecule has 0 saturated heterocycles. The molecule has 0 radical (unpaired) electrons. The fourth-order valence-electron chi connectivity index (χ4n) is 2.59. The van der Waals surface area contributed by atoms with Gasteiger partial charge in [0.2, 0.25) is 0 Å². The van der Waals surface area contributed by atoms with Crippen LogP contribution in [-0.2, 0) is 6.54 Å². The first-order valence-electron chi connectivity index (χ1n) is 6.69. The highest BCUT2D eigenvalue weighted by molar-refractivity contribution is 6.31. The molecule has 0 atom stereocenters. The Labute approximate surface area is 114 Å². The predicted molar refractivity (Wildman–Crippen MR) is 74.4 cm³/mol. The third kappa shape index (κ3) is 3.73. The molecule has 0 aromatic heterocycles. The van der Waals surface area contributed by atoms with Crippen LogP contribution >= 0.6 is 11.6 Å². The number of nitriles is 1. The molecule has 3 heteroatoms. The SMILES string of the molecule is N#Cc1ccc(CNCCC2CCCC2)c(Cl)c1. The highest BCUT2D eigenvalue weighted by Crippen LogP contribution is 2.27. The van der Waals surface area contributed by atoms with Crippen LogP contribution in [-0.4, -0.2) is 6.54 Å². The van der Waals surface area contributed by atoms with Gasteiger partial charge < -0.3 is 5.32 Å². The summed E-state index contributed by atoms with van der Waals surface area (Å²) in [7, 11) is 0. The van der Waals surface area contributed by atoms with Gasteiger partial charge >= 0.3 is 0 Å². The Morgan fingerprint density at radius 2 is 2.11 bits per heavy atom. The van der Waals surface area contributed by atoms with E-state index in [9.17, 15) is 0 Å². The zero-order valence-corrected chi connectivity index (χ0v) is 11.3. The van der Waals surface area contributed by atoms with E-state index in [0.29, 0.717) is 10.6 Å². The van der Waals surface area contributed by atoms with Crippen LogP contribution in [0.4, 0.5) is 0 Å². The lowest BCUT2D eigenvalue weighted by molar-refractivity contribution is 0.477. The first-order chi connectivity index (χ1) is 8.79. The second kappa shape index (κ2) is 6.78. The van der Waals surface area contributed by atoms with Gasteiger partial charge in [-0.15, -0.1) is 0 Å². The standard InChI is InChI=1S/C15H19ClN2/c16-15-9-13(10-17)5-6-14(15)11-18-8-7-12-3-1-2-4-12/h5-6,9,12,18H,1-4,7-8,11H2. The number of halogens is 1. The van der Waals surface area contributed by atoms with Crippen LogP contribution in [0.2, 0.25) is 5.02 Å². The molecule has 2 rings (SSSR count). The summed E-state index contributed by atoms with van der Waals surface area (Å²) >= 11 is 6.12. The van der Waals surface area contributed by atoms with Crippen molar-refractivity contribution in [1.29, 1.82) is 5.26 Å². The Morgan fingerprint density at radius 1 is 1.33 bits per heavy atom. The van der Waals surface area contributed by atoms with Crippen LogP contribution in [0.3, 0.4) is 0 Å². The van der Waals surface area contributed by atoms with Gasteiger partial charge in [-0.1, -0.05) is 43.4 Å². The maximum Gasteiger partial charge on any atom is 0.0992 e. The number of benzene rings is 1. The van der Waals surface area contributed by atoms with E-state index in [1.54, 1.807) is 6.07 Å². The molecular formula is C15H19ClN2. The molecule has 1 N–H and O–H groups in total. The molecule has 1 fully saturated rings. The van der Waals surface area contributed by atoms with E-state index in [4.69, 9.17) is 16.9 Å². The van der Waals surface area contributed by atoms with Crippen molar-refractivity contribution in [2.24, 2.45) is 5.92 Å². The van der Waals surface area contributed by atoms with Crippen LogP contribution in [0.25, 0.3) is 0 Å². The summed E-state index contributed by atoms with van der Waals surface area (Å²) in [5, 5.41) is 12.9. The molecule has 1 aliphatic rings. The number of hydrogen-bond donors (Lipinski definition) is 1. The minimum atomic E-state index is 0.620. The zero-order valence-electron chi connectivity index (χ0n) is 10.6. The van der Waals surface area contributed by atoms with Crippen LogP contribution in [0.1, 0.15) is 43.2 Å². The van der Waals surface area contributed by atoms with E-state index in [1.807, 2.05) is 12.1 Å². The van der Waals surface area contributed by atoms with Gasteiger partial charge in [0.1, 0.15) is 0 Å². The van der Waals surface area contributed by atoms with Crippen molar-refractivity contribution in [2.75, 3.05) is 6.54 Å².